The zero-order valence-electron chi connectivity index (χ0n) is 17.0. The first-order valence-corrected chi connectivity index (χ1v) is 11.6. The number of piperazine rings is 1. The third kappa shape index (κ3) is 4.20. The van der Waals surface area contributed by atoms with E-state index in [0.717, 1.165) is 30.8 Å². The molecule has 0 atom stereocenters. The number of ether oxygens (including phenoxy) is 1. The Labute approximate surface area is 176 Å². The molecule has 162 valence electrons. The van der Waals surface area contributed by atoms with E-state index in [1.165, 1.54) is 42.8 Å². The van der Waals surface area contributed by atoms with Gasteiger partial charge in [0.05, 0.1) is 7.11 Å². The number of aromatic nitrogens is 2. The summed E-state index contributed by atoms with van der Waals surface area (Å²) in [6, 6.07) is 7.44. The van der Waals surface area contributed by atoms with Gasteiger partial charge in [-0.05, 0) is 49.6 Å². The maximum Gasteiger partial charge on any atom is 0.246 e. The third-order valence-electron chi connectivity index (χ3n) is 5.62. The summed E-state index contributed by atoms with van der Waals surface area (Å²) < 4.78 is 46.2. The summed E-state index contributed by atoms with van der Waals surface area (Å²) in [5, 5.41) is 8.73. The van der Waals surface area contributed by atoms with Gasteiger partial charge in [0.1, 0.15) is 16.5 Å². The molecule has 0 spiro atoms. The Morgan fingerprint density at radius 3 is 2.03 bits per heavy atom. The Balaban J connectivity index is 1.43. The monoisotopic (exact) mass is 435 g/mol. The number of sulfonamides is 1. The molecule has 8 nitrogen and oxygen atoms in total. The van der Waals surface area contributed by atoms with Gasteiger partial charge in [0, 0.05) is 39.3 Å². The number of anilines is 2. The Hall–Kier alpha value is -2.46. The van der Waals surface area contributed by atoms with Gasteiger partial charge in [-0.2, -0.15) is 4.31 Å². The minimum absolute atomic E-state index is 0.137. The Morgan fingerprint density at radius 1 is 0.867 bits per heavy atom. The lowest BCUT2D eigenvalue weighted by Crippen LogP contribution is -2.49. The van der Waals surface area contributed by atoms with Crippen LogP contribution in [0.15, 0.2) is 35.2 Å². The molecule has 0 N–H and O–H groups in total. The standard InChI is InChI=1S/C20H26FN5O3S/c1-29-17-6-5-16(21)15-18(17)30(27,28)26-13-11-25(12-14-26)20-8-7-19(22-23-20)24-9-3-2-4-10-24/h5-8,15H,2-4,9-14H2,1H3. The van der Waals surface area contributed by atoms with E-state index < -0.39 is 15.8 Å². The number of piperidine rings is 1. The molecular formula is C20H26FN5O3S. The molecule has 30 heavy (non-hydrogen) atoms. The Kier molecular flexibility index (Phi) is 6.05. The minimum Gasteiger partial charge on any atom is -0.495 e. The first kappa shape index (κ1) is 20.8. The highest BCUT2D eigenvalue weighted by molar-refractivity contribution is 7.89. The topological polar surface area (TPSA) is 78.9 Å². The van der Waals surface area contributed by atoms with Crippen LogP contribution in [0.2, 0.25) is 0 Å². The lowest BCUT2D eigenvalue weighted by atomic mass is 10.1. The lowest BCUT2D eigenvalue weighted by Gasteiger charge is -2.34. The molecular weight excluding hydrogens is 409 g/mol. The van der Waals surface area contributed by atoms with Gasteiger partial charge in [0.15, 0.2) is 11.6 Å². The van der Waals surface area contributed by atoms with Gasteiger partial charge >= 0.3 is 0 Å². The van der Waals surface area contributed by atoms with Gasteiger partial charge in [-0.3, -0.25) is 0 Å². The smallest absolute Gasteiger partial charge is 0.246 e. The van der Waals surface area contributed by atoms with Crippen molar-refractivity contribution in [3.8, 4) is 5.75 Å². The van der Waals surface area contributed by atoms with Crippen molar-refractivity contribution >= 4 is 21.7 Å². The molecule has 1 aromatic heterocycles. The van der Waals surface area contributed by atoms with Crippen LogP contribution in [0, 0.1) is 5.82 Å². The number of hydrogen-bond acceptors (Lipinski definition) is 7. The van der Waals surface area contributed by atoms with Crippen LogP contribution in [0.4, 0.5) is 16.0 Å². The van der Waals surface area contributed by atoms with Crippen LogP contribution < -0.4 is 14.5 Å². The molecule has 2 aliphatic heterocycles. The fourth-order valence-electron chi connectivity index (χ4n) is 3.93. The Morgan fingerprint density at radius 2 is 1.47 bits per heavy atom. The largest absolute Gasteiger partial charge is 0.495 e. The van der Waals surface area contributed by atoms with Gasteiger partial charge in [-0.1, -0.05) is 0 Å². The summed E-state index contributed by atoms with van der Waals surface area (Å²) in [5.41, 5.74) is 0. The van der Waals surface area contributed by atoms with Crippen molar-refractivity contribution in [1.82, 2.24) is 14.5 Å². The molecule has 0 bridgehead atoms. The SMILES string of the molecule is COc1ccc(F)cc1S(=O)(=O)N1CCN(c2ccc(N3CCCCC3)nn2)CC1. The molecule has 4 rings (SSSR count). The molecule has 2 fully saturated rings. The van der Waals surface area contributed by atoms with E-state index >= 15 is 0 Å². The van der Waals surface area contributed by atoms with Crippen LogP contribution in [0.25, 0.3) is 0 Å². The summed E-state index contributed by atoms with van der Waals surface area (Å²) in [7, 11) is -2.48. The second kappa shape index (κ2) is 8.73. The van der Waals surface area contributed by atoms with Crippen molar-refractivity contribution in [1.29, 1.82) is 0 Å². The molecule has 2 aliphatic rings. The van der Waals surface area contributed by atoms with Crippen LogP contribution in [0.3, 0.4) is 0 Å². The van der Waals surface area contributed by atoms with Gasteiger partial charge in [-0.25, -0.2) is 12.8 Å². The van der Waals surface area contributed by atoms with E-state index in [2.05, 4.69) is 15.1 Å². The highest BCUT2D eigenvalue weighted by Crippen LogP contribution is 2.28. The van der Waals surface area contributed by atoms with Crippen LogP contribution in [-0.4, -0.2) is 69.3 Å². The second-order valence-electron chi connectivity index (χ2n) is 7.48. The highest BCUT2D eigenvalue weighted by Gasteiger charge is 2.31. The van der Waals surface area contributed by atoms with Crippen LogP contribution in [0.1, 0.15) is 19.3 Å². The zero-order chi connectivity index (χ0) is 21.1. The highest BCUT2D eigenvalue weighted by atomic mass is 32.2. The molecule has 0 unspecified atom stereocenters. The minimum atomic E-state index is -3.86. The van der Waals surface area contributed by atoms with Crippen molar-refractivity contribution in [2.24, 2.45) is 0 Å². The summed E-state index contributed by atoms with van der Waals surface area (Å²) in [4.78, 5) is 4.11. The number of rotatable bonds is 5. The summed E-state index contributed by atoms with van der Waals surface area (Å²) in [5.74, 6) is 1.14. The molecule has 10 heteroatoms. The van der Waals surface area contributed by atoms with Gasteiger partial charge in [0.25, 0.3) is 0 Å². The van der Waals surface area contributed by atoms with Crippen LogP contribution in [-0.2, 0) is 10.0 Å². The molecule has 0 amide bonds. The number of benzene rings is 1. The van der Waals surface area contributed by atoms with E-state index in [-0.39, 0.29) is 23.7 Å². The molecule has 2 saturated heterocycles. The van der Waals surface area contributed by atoms with Crippen molar-refractivity contribution in [3.63, 3.8) is 0 Å². The van der Waals surface area contributed by atoms with E-state index in [0.29, 0.717) is 13.1 Å². The first-order chi connectivity index (χ1) is 14.5. The average Bonchev–Trinajstić information content (AvgIpc) is 2.80. The lowest BCUT2D eigenvalue weighted by molar-refractivity contribution is 0.372. The third-order valence-corrected chi connectivity index (χ3v) is 7.54. The predicted molar refractivity (Wildman–Crippen MR) is 112 cm³/mol. The van der Waals surface area contributed by atoms with Crippen LogP contribution >= 0.6 is 0 Å². The number of halogens is 1. The van der Waals surface area contributed by atoms with Gasteiger partial charge in [0.2, 0.25) is 10.0 Å². The summed E-state index contributed by atoms with van der Waals surface area (Å²) >= 11 is 0. The fourth-order valence-corrected chi connectivity index (χ4v) is 5.52. The average molecular weight is 436 g/mol. The molecule has 1 aromatic carbocycles. The Bertz CT molecular complexity index is 972. The van der Waals surface area contributed by atoms with Crippen LogP contribution in [0.5, 0.6) is 5.75 Å². The van der Waals surface area contributed by atoms with E-state index in [1.807, 2.05) is 17.0 Å². The number of nitrogens with zero attached hydrogens (tertiary/aromatic N) is 5. The van der Waals surface area contributed by atoms with Gasteiger partial charge in [-0.15, -0.1) is 10.2 Å². The van der Waals surface area contributed by atoms with E-state index in [9.17, 15) is 12.8 Å². The van der Waals surface area contributed by atoms with Crippen molar-refractivity contribution < 1.29 is 17.5 Å². The number of hydrogen-bond donors (Lipinski definition) is 0. The van der Waals surface area contributed by atoms with Gasteiger partial charge < -0.3 is 14.5 Å². The maximum atomic E-state index is 13.7. The molecule has 0 radical (unpaired) electrons. The molecule has 0 saturated carbocycles. The van der Waals surface area contributed by atoms with Crippen molar-refractivity contribution in [2.45, 2.75) is 24.2 Å². The first-order valence-electron chi connectivity index (χ1n) is 10.2. The van der Waals surface area contributed by atoms with E-state index in [4.69, 9.17) is 4.74 Å². The molecule has 2 aromatic rings. The molecule has 3 heterocycles. The summed E-state index contributed by atoms with van der Waals surface area (Å²) in [6.07, 6.45) is 3.61. The second-order valence-corrected chi connectivity index (χ2v) is 9.39. The van der Waals surface area contributed by atoms with Crippen molar-refractivity contribution in [2.75, 3.05) is 56.2 Å². The molecule has 0 aliphatic carbocycles. The zero-order valence-corrected chi connectivity index (χ0v) is 17.8. The fraction of sp³-hybridized carbons (Fsp3) is 0.500. The number of methoxy groups -OCH3 is 1. The predicted octanol–water partition coefficient (Wildman–Crippen LogP) is 2.13. The normalized spacial score (nSPS) is 18.5. The maximum absolute atomic E-state index is 13.7. The van der Waals surface area contributed by atoms with Crippen molar-refractivity contribution in [3.05, 3.63) is 36.1 Å². The van der Waals surface area contributed by atoms with E-state index in [1.54, 1.807) is 0 Å². The summed E-state index contributed by atoms with van der Waals surface area (Å²) in [6.45, 7) is 3.53. The quantitative estimate of drug-likeness (QED) is 0.712.